The molecule has 0 aromatic heterocycles. The van der Waals surface area contributed by atoms with Crippen LogP contribution >= 0.6 is 0 Å². The van der Waals surface area contributed by atoms with Gasteiger partial charge in [0.05, 0.1) is 7.11 Å². The summed E-state index contributed by atoms with van der Waals surface area (Å²) in [5.41, 5.74) is 1.83. The van der Waals surface area contributed by atoms with E-state index in [9.17, 15) is 5.21 Å². The third-order valence-corrected chi connectivity index (χ3v) is 2.57. The van der Waals surface area contributed by atoms with Gasteiger partial charge in [0.15, 0.2) is 12.8 Å². The Bertz CT molecular complexity index is 535. The molecule has 2 aromatic rings. The quantitative estimate of drug-likeness (QED) is 0.357. The lowest BCUT2D eigenvalue weighted by molar-refractivity contribution is -0.469. The van der Waals surface area contributed by atoms with Crippen LogP contribution in [0.15, 0.2) is 54.6 Å². The second-order valence-corrected chi connectivity index (χ2v) is 3.97. The number of benzene rings is 2. The van der Waals surface area contributed by atoms with E-state index in [0.717, 1.165) is 21.6 Å². The van der Waals surface area contributed by atoms with Crippen LogP contribution in [0.4, 0.5) is 0 Å². The first-order chi connectivity index (χ1) is 8.78. The lowest BCUT2D eigenvalue weighted by Crippen LogP contribution is -2.05. The molecule has 0 aliphatic rings. The summed E-state index contributed by atoms with van der Waals surface area (Å²) in [7, 11) is 1.61. The van der Waals surface area contributed by atoms with Crippen molar-refractivity contribution in [3.05, 3.63) is 70.9 Å². The number of ether oxygens (including phenoxy) is 1. The van der Waals surface area contributed by atoms with Crippen LogP contribution in [0.5, 0.6) is 5.75 Å². The van der Waals surface area contributed by atoms with Crippen LogP contribution in [-0.4, -0.2) is 18.1 Å². The molecule has 3 nitrogen and oxygen atoms in total. The average Bonchev–Trinajstić information content (AvgIpc) is 2.40. The maximum absolute atomic E-state index is 11.8. The number of nitrogens with zero attached hydrogens (tertiary/aromatic N) is 1. The Kier molecular flexibility index (Phi) is 3.97. The number of hydroxylamine groups is 1. The van der Waals surface area contributed by atoms with Crippen molar-refractivity contribution in [2.24, 2.45) is 0 Å². The van der Waals surface area contributed by atoms with Gasteiger partial charge in [-0.2, -0.15) is 0 Å². The molecule has 2 rings (SSSR count). The molecule has 92 valence electrons. The highest BCUT2D eigenvalue weighted by Gasteiger charge is 2.00. The van der Waals surface area contributed by atoms with Crippen LogP contribution in [-0.2, 0) is 6.54 Å². The van der Waals surface area contributed by atoms with Crippen molar-refractivity contribution in [2.45, 2.75) is 6.54 Å². The second kappa shape index (κ2) is 5.87. The third kappa shape index (κ3) is 3.35. The Morgan fingerprint density at radius 3 is 2.61 bits per heavy atom. The lowest BCUT2D eigenvalue weighted by atomic mass is 10.2. The smallest absolute Gasteiger partial charge is 0.182 e. The van der Waals surface area contributed by atoms with Gasteiger partial charge in [0.2, 0.25) is 0 Å². The fourth-order valence-corrected chi connectivity index (χ4v) is 1.70. The minimum atomic E-state index is 0.345. The Labute approximate surface area is 107 Å². The molecule has 0 bridgehead atoms. The van der Waals surface area contributed by atoms with Gasteiger partial charge < -0.3 is 9.94 Å². The first kappa shape index (κ1) is 12.2. The van der Waals surface area contributed by atoms with Crippen molar-refractivity contribution in [1.29, 1.82) is 0 Å². The van der Waals surface area contributed by atoms with E-state index in [-0.39, 0.29) is 0 Å². The molecule has 0 amide bonds. The van der Waals surface area contributed by atoms with Crippen LogP contribution < -0.4 is 4.74 Å². The number of methoxy groups -OCH3 is 1. The summed E-state index contributed by atoms with van der Waals surface area (Å²) in [4.78, 5) is 0. The van der Waals surface area contributed by atoms with Gasteiger partial charge in [0.25, 0.3) is 0 Å². The molecule has 0 heterocycles. The summed E-state index contributed by atoms with van der Waals surface area (Å²) in [5, 5.41) is 11.8. The van der Waals surface area contributed by atoms with Crippen LogP contribution in [0, 0.1) is 5.21 Å². The van der Waals surface area contributed by atoms with Crippen molar-refractivity contribution < 1.29 is 9.48 Å². The number of rotatable bonds is 4. The van der Waals surface area contributed by atoms with Crippen molar-refractivity contribution in [1.82, 2.24) is 0 Å². The SMILES string of the molecule is COc1cccc(C=[N+]([O-])Cc2ccccc2)c1. The van der Waals surface area contributed by atoms with E-state index < -0.39 is 0 Å². The van der Waals surface area contributed by atoms with Gasteiger partial charge in [-0.25, -0.2) is 4.74 Å². The van der Waals surface area contributed by atoms with Crippen LogP contribution in [0.2, 0.25) is 0 Å². The summed E-state index contributed by atoms with van der Waals surface area (Å²) in [6.07, 6.45) is 1.56. The van der Waals surface area contributed by atoms with Gasteiger partial charge in [0.1, 0.15) is 5.75 Å². The molecule has 0 unspecified atom stereocenters. The molecule has 0 atom stereocenters. The predicted molar refractivity (Wildman–Crippen MR) is 71.9 cm³/mol. The molecule has 3 heteroatoms. The monoisotopic (exact) mass is 241 g/mol. The highest BCUT2D eigenvalue weighted by atomic mass is 16.5. The highest BCUT2D eigenvalue weighted by Crippen LogP contribution is 2.11. The van der Waals surface area contributed by atoms with Gasteiger partial charge in [0, 0.05) is 11.1 Å². The van der Waals surface area contributed by atoms with Gasteiger partial charge in [-0.1, -0.05) is 36.4 Å². The van der Waals surface area contributed by atoms with Crippen molar-refractivity contribution in [3.63, 3.8) is 0 Å². The average molecular weight is 241 g/mol. The van der Waals surface area contributed by atoms with Gasteiger partial charge in [-0.15, -0.1) is 0 Å². The number of hydrogen-bond donors (Lipinski definition) is 0. The van der Waals surface area contributed by atoms with Gasteiger partial charge in [-0.05, 0) is 18.2 Å². The zero-order chi connectivity index (χ0) is 12.8. The molecule has 0 saturated heterocycles. The normalized spacial score (nSPS) is 11.3. The van der Waals surface area contributed by atoms with E-state index >= 15 is 0 Å². The lowest BCUT2D eigenvalue weighted by Gasteiger charge is -2.04. The summed E-state index contributed by atoms with van der Waals surface area (Å²) in [6, 6.07) is 17.1. The Hall–Kier alpha value is -2.29. The van der Waals surface area contributed by atoms with Gasteiger partial charge in [-0.3, -0.25) is 0 Å². The van der Waals surface area contributed by atoms with E-state index in [1.165, 1.54) is 0 Å². The highest BCUT2D eigenvalue weighted by molar-refractivity contribution is 5.76. The molecule has 0 saturated carbocycles. The summed E-state index contributed by atoms with van der Waals surface area (Å²) in [6.45, 7) is 0.345. The molecule has 0 aliphatic carbocycles. The summed E-state index contributed by atoms with van der Waals surface area (Å²) in [5.74, 6) is 0.747. The van der Waals surface area contributed by atoms with Gasteiger partial charge >= 0.3 is 0 Å². The first-order valence-corrected chi connectivity index (χ1v) is 5.74. The zero-order valence-corrected chi connectivity index (χ0v) is 10.2. The van der Waals surface area contributed by atoms with E-state index in [1.807, 2.05) is 54.6 Å². The molecule has 18 heavy (non-hydrogen) atoms. The minimum absolute atomic E-state index is 0.345. The first-order valence-electron chi connectivity index (χ1n) is 5.74. The van der Waals surface area contributed by atoms with E-state index in [1.54, 1.807) is 13.3 Å². The Morgan fingerprint density at radius 2 is 1.89 bits per heavy atom. The van der Waals surface area contributed by atoms with Crippen molar-refractivity contribution in [2.75, 3.05) is 7.11 Å². The van der Waals surface area contributed by atoms with Crippen molar-refractivity contribution in [3.8, 4) is 5.75 Å². The fourth-order valence-electron chi connectivity index (χ4n) is 1.70. The molecule has 0 fully saturated rings. The Morgan fingerprint density at radius 1 is 1.11 bits per heavy atom. The Balaban J connectivity index is 2.12. The van der Waals surface area contributed by atoms with Crippen molar-refractivity contribution >= 4 is 6.21 Å². The fraction of sp³-hybridized carbons (Fsp3) is 0.133. The van der Waals surface area contributed by atoms with Crippen LogP contribution in [0.1, 0.15) is 11.1 Å². The van der Waals surface area contributed by atoms with Crippen LogP contribution in [0.3, 0.4) is 0 Å². The molecular weight excluding hydrogens is 226 g/mol. The van der Waals surface area contributed by atoms with Crippen LogP contribution in [0.25, 0.3) is 0 Å². The third-order valence-electron chi connectivity index (χ3n) is 2.57. The molecular formula is C15H15NO2. The van der Waals surface area contributed by atoms with E-state index in [0.29, 0.717) is 6.54 Å². The minimum Gasteiger partial charge on any atom is -0.624 e. The number of hydrogen-bond acceptors (Lipinski definition) is 2. The second-order valence-electron chi connectivity index (χ2n) is 3.97. The zero-order valence-electron chi connectivity index (χ0n) is 10.2. The molecule has 2 aromatic carbocycles. The molecule has 0 aliphatic heterocycles. The van der Waals surface area contributed by atoms with E-state index in [4.69, 9.17) is 4.74 Å². The summed E-state index contributed by atoms with van der Waals surface area (Å²) < 4.78 is 6.03. The molecule has 0 N–H and O–H groups in total. The molecule has 0 radical (unpaired) electrons. The topological polar surface area (TPSA) is 35.3 Å². The van der Waals surface area contributed by atoms with E-state index in [2.05, 4.69) is 0 Å². The maximum atomic E-state index is 11.8. The standard InChI is InChI=1S/C15H15NO2/c1-18-15-9-5-8-14(10-15)12-16(17)11-13-6-3-2-4-7-13/h2-10,12H,11H2,1H3. The largest absolute Gasteiger partial charge is 0.624 e. The maximum Gasteiger partial charge on any atom is 0.182 e. The molecule has 0 spiro atoms. The predicted octanol–water partition coefficient (Wildman–Crippen LogP) is 2.82. The summed E-state index contributed by atoms with van der Waals surface area (Å²) >= 11 is 0.